The number of fused-ring (bicyclic) bond motifs is 1. The number of nitrogens with one attached hydrogen (secondary N) is 1. The molecule has 1 fully saturated rings. The van der Waals surface area contributed by atoms with E-state index in [2.05, 4.69) is 4.98 Å². The molecular formula is C21H19N3O4. The van der Waals surface area contributed by atoms with E-state index < -0.39 is 29.7 Å². The molecule has 1 aliphatic rings. The molecule has 4 rings (SSSR count). The van der Waals surface area contributed by atoms with Gasteiger partial charge in [0.25, 0.3) is 0 Å². The number of para-hydroxylation sites is 2. The molecule has 0 bridgehead atoms. The molecule has 2 aromatic carbocycles. The number of rotatable bonds is 3. The SMILES string of the molecule is CN1C(=O)C(C(c2ccccc2O)c2c[nH]c3ccccc23)C(=O)N(C)C1=O. The minimum Gasteiger partial charge on any atom is -0.508 e. The van der Waals surface area contributed by atoms with Crippen molar-refractivity contribution >= 4 is 28.7 Å². The number of carbonyl (C=O) groups excluding carboxylic acids is 3. The molecule has 4 amide bonds. The number of hydrogen-bond donors (Lipinski definition) is 2. The second-order valence-corrected chi connectivity index (χ2v) is 6.88. The molecule has 0 saturated carbocycles. The first-order valence-electron chi connectivity index (χ1n) is 8.84. The number of benzene rings is 2. The Morgan fingerprint density at radius 1 is 0.893 bits per heavy atom. The van der Waals surface area contributed by atoms with Crippen molar-refractivity contribution in [1.82, 2.24) is 14.8 Å². The summed E-state index contributed by atoms with van der Waals surface area (Å²) in [5.41, 5.74) is 2.02. The fourth-order valence-electron chi connectivity index (χ4n) is 3.85. The molecule has 142 valence electrons. The molecule has 28 heavy (non-hydrogen) atoms. The number of aromatic amines is 1. The summed E-state index contributed by atoms with van der Waals surface area (Å²) in [4.78, 5) is 43.3. The number of urea groups is 1. The molecule has 0 radical (unpaired) electrons. The summed E-state index contributed by atoms with van der Waals surface area (Å²) in [6, 6.07) is 13.5. The van der Waals surface area contributed by atoms with E-state index in [1.165, 1.54) is 20.2 Å². The van der Waals surface area contributed by atoms with Gasteiger partial charge in [-0.3, -0.25) is 19.4 Å². The third-order valence-electron chi connectivity index (χ3n) is 5.33. The van der Waals surface area contributed by atoms with Crippen LogP contribution in [-0.4, -0.2) is 51.8 Å². The largest absolute Gasteiger partial charge is 0.508 e. The van der Waals surface area contributed by atoms with E-state index in [-0.39, 0.29) is 5.75 Å². The van der Waals surface area contributed by atoms with Crippen LogP contribution in [0.2, 0.25) is 0 Å². The first-order valence-corrected chi connectivity index (χ1v) is 8.84. The zero-order chi connectivity index (χ0) is 20.0. The summed E-state index contributed by atoms with van der Waals surface area (Å²) in [6.07, 6.45) is 1.75. The molecule has 1 atom stereocenters. The fourth-order valence-corrected chi connectivity index (χ4v) is 3.85. The van der Waals surface area contributed by atoms with E-state index in [0.29, 0.717) is 11.1 Å². The summed E-state index contributed by atoms with van der Waals surface area (Å²) < 4.78 is 0. The summed E-state index contributed by atoms with van der Waals surface area (Å²) in [5.74, 6) is -3.12. The van der Waals surface area contributed by atoms with Gasteiger partial charge in [0.05, 0.1) is 0 Å². The first-order chi connectivity index (χ1) is 13.4. The lowest BCUT2D eigenvalue weighted by Crippen LogP contribution is -2.58. The van der Waals surface area contributed by atoms with Gasteiger partial charge >= 0.3 is 6.03 Å². The van der Waals surface area contributed by atoms with Gasteiger partial charge in [-0.15, -0.1) is 0 Å². The monoisotopic (exact) mass is 377 g/mol. The van der Waals surface area contributed by atoms with Crippen molar-refractivity contribution in [3.8, 4) is 5.75 Å². The Labute approximate surface area is 161 Å². The number of aromatic nitrogens is 1. The van der Waals surface area contributed by atoms with Gasteiger partial charge in [-0.25, -0.2) is 4.79 Å². The highest BCUT2D eigenvalue weighted by atomic mass is 16.3. The van der Waals surface area contributed by atoms with Crippen LogP contribution in [0.4, 0.5) is 4.79 Å². The molecule has 7 heteroatoms. The lowest BCUT2D eigenvalue weighted by Gasteiger charge is -2.36. The van der Waals surface area contributed by atoms with Crippen molar-refractivity contribution in [3.05, 3.63) is 65.9 Å². The van der Waals surface area contributed by atoms with Gasteiger partial charge in [0.2, 0.25) is 11.8 Å². The highest BCUT2D eigenvalue weighted by Crippen LogP contribution is 2.42. The molecule has 0 spiro atoms. The average molecular weight is 377 g/mol. The molecule has 1 saturated heterocycles. The quantitative estimate of drug-likeness (QED) is 0.686. The van der Waals surface area contributed by atoms with E-state index in [0.717, 1.165) is 20.7 Å². The summed E-state index contributed by atoms with van der Waals surface area (Å²) in [5, 5.41) is 11.4. The minimum absolute atomic E-state index is 0.0133. The molecule has 1 aromatic heterocycles. The summed E-state index contributed by atoms with van der Waals surface area (Å²) in [6.45, 7) is 0. The molecule has 3 aromatic rings. The van der Waals surface area contributed by atoms with Gasteiger partial charge < -0.3 is 10.1 Å². The van der Waals surface area contributed by atoms with Crippen LogP contribution in [0.15, 0.2) is 54.7 Å². The Balaban J connectivity index is 1.96. The highest BCUT2D eigenvalue weighted by Gasteiger charge is 2.48. The Bertz CT molecular complexity index is 1080. The number of nitrogens with zero attached hydrogens (tertiary/aromatic N) is 2. The Morgan fingerprint density at radius 2 is 1.50 bits per heavy atom. The van der Waals surface area contributed by atoms with Gasteiger partial charge in [-0.1, -0.05) is 36.4 Å². The maximum Gasteiger partial charge on any atom is 0.332 e. The Kier molecular flexibility index (Phi) is 4.15. The molecule has 7 nitrogen and oxygen atoms in total. The normalized spacial score (nSPS) is 16.9. The number of H-pyrrole nitrogens is 1. The van der Waals surface area contributed by atoms with Gasteiger partial charge in [0.1, 0.15) is 11.7 Å². The molecule has 1 unspecified atom stereocenters. The van der Waals surface area contributed by atoms with Crippen LogP contribution in [0.5, 0.6) is 5.75 Å². The summed E-state index contributed by atoms with van der Waals surface area (Å²) in [7, 11) is 2.72. The third kappa shape index (κ3) is 2.55. The van der Waals surface area contributed by atoms with E-state index in [9.17, 15) is 19.5 Å². The number of aromatic hydroxyl groups is 1. The van der Waals surface area contributed by atoms with Crippen molar-refractivity contribution in [2.24, 2.45) is 5.92 Å². The number of carbonyl (C=O) groups is 3. The zero-order valence-electron chi connectivity index (χ0n) is 15.4. The van der Waals surface area contributed by atoms with Gasteiger partial charge in [-0.05, 0) is 17.7 Å². The van der Waals surface area contributed by atoms with Crippen molar-refractivity contribution in [1.29, 1.82) is 0 Å². The number of hydrogen-bond acceptors (Lipinski definition) is 4. The predicted molar refractivity (Wildman–Crippen MR) is 103 cm³/mol. The van der Waals surface area contributed by atoms with Crippen LogP contribution in [-0.2, 0) is 9.59 Å². The van der Waals surface area contributed by atoms with Crippen LogP contribution in [0.3, 0.4) is 0 Å². The van der Waals surface area contributed by atoms with E-state index in [1.807, 2.05) is 24.3 Å². The predicted octanol–water partition coefficient (Wildman–Crippen LogP) is 2.67. The Morgan fingerprint density at radius 3 is 2.18 bits per heavy atom. The first kappa shape index (κ1) is 17.8. The lowest BCUT2D eigenvalue weighted by molar-refractivity contribution is -0.148. The lowest BCUT2D eigenvalue weighted by atomic mass is 9.78. The van der Waals surface area contributed by atoms with Gasteiger partial charge in [0.15, 0.2) is 0 Å². The maximum absolute atomic E-state index is 13.0. The van der Waals surface area contributed by atoms with Crippen molar-refractivity contribution in [2.75, 3.05) is 14.1 Å². The second-order valence-electron chi connectivity index (χ2n) is 6.88. The van der Waals surface area contributed by atoms with Crippen molar-refractivity contribution < 1.29 is 19.5 Å². The molecule has 2 N–H and O–H groups in total. The molecule has 1 aliphatic heterocycles. The van der Waals surface area contributed by atoms with Crippen molar-refractivity contribution in [3.63, 3.8) is 0 Å². The van der Waals surface area contributed by atoms with Crippen LogP contribution >= 0.6 is 0 Å². The van der Waals surface area contributed by atoms with Crippen LogP contribution in [0.25, 0.3) is 10.9 Å². The Hall–Kier alpha value is -3.61. The van der Waals surface area contributed by atoms with E-state index >= 15 is 0 Å². The molecule has 0 aliphatic carbocycles. The standard InChI is InChI=1S/C21H19N3O4/c1-23-19(26)18(20(27)24(2)21(23)28)17(13-8-4-6-10-16(13)25)14-11-22-15-9-5-3-7-12(14)15/h3-11,17-18,22,25H,1-2H3. The topological polar surface area (TPSA) is 93.7 Å². The van der Waals surface area contributed by atoms with Gasteiger partial charge in [0, 0.05) is 42.7 Å². The average Bonchev–Trinajstić information content (AvgIpc) is 3.13. The van der Waals surface area contributed by atoms with Crippen LogP contribution in [0.1, 0.15) is 17.0 Å². The number of phenolic OH excluding ortho intramolecular Hbond substituents is 1. The van der Waals surface area contributed by atoms with E-state index in [4.69, 9.17) is 0 Å². The number of imide groups is 2. The van der Waals surface area contributed by atoms with Crippen molar-refractivity contribution in [2.45, 2.75) is 5.92 Å². The molecule has 2 heterocycles. The zero-order valence-corrected chi connectivity index (χ0v) is 15.4. The van der Waals surface area contributed by atoms with Crippen LogP contribution in [0, 0.1) is 5.92 Å². The number of phenols is 1. The van der Waals surface area contributed by atoms with Crippen LogP contribution < -0.4 is 0 Å². The van der Waals surface area contributed by atoms with E-state index in [1.54, 1.807) is 24.4 Å². The maximum atomic E-state index is 13.0. The second kappa shape index (κ2) is 6.53. The summed E-state index contributed by atoms with van der Waals surface area (Å²) >= 11 is 0. The number of amides is 4. The fraction of sp³-hybridized carbons (Fsp3) is 0.190. The van der Waals surface area contributed by atoms with Gasteiger partial charge in [-0.2, -0.15) is 0 Å². The molecular weight excluding hydrogens is 358 g/mol. The number of barbiturate groups is 1. The minimum atomic E-state index is -1.17. The highest BCUT2D eigenvalue weighted by molar-refractivity contribution is 6.16. The smallest absolute Gasteiger partial charge is 0.332 e. The third-order valence-corrected chi connectivity index (χ3v) is 5.33.